The number of pyridine rings is 1. The zero-order chi connectivity index (χ0) is 36.1. The first-order chi connectivity index (χ1) is 24.6. The zero-order valence-corrected chi connectivity index (χ0v) is 28.0. The van der Waals surface area contributed by atoms with Crippen molar-refractivity contribution >= 4 is 50.8 Å². The highest BCUT2D eigenvalue weighted by molar-refractivity contribution is 7.81. The van der Waals surface area contributed by atoms with Gasteiger partial charge in [-0.25, -0.2) is 32.2 Å². The van der Waals surface area contributed by atoms with Crippen LogP contribution >= 0.6 is 0 Å². The van der Waals surface area contributed by atoms with E-state index in [1.807, 2.05) is 13.0 Å². The van der Waals surface area contributed by atoms with Crippen molar-refractivity contribution in [2.24, 2.45) is 0 Å². The summed E-state index contributed by atoms with van der Waals surface area (Å²) in [6.07, 6.45) is 2.90. The van der Waals surface area contributed by atoms with E-state index in [1.165, 1.54) is 25.7 Å². The van der Waals surface area contributed by atoms with Crippen LogP contribution in [0.1, 0.15) is 16.1 Å². The van der Waals surface area contributed by atoms with Crippen molar-refractivity contribution in [3.05, 3.63) is 120 Å². The minimum absolute atomic E-state index is 0.0500. The first kappa shape index (κ1) is 34.7. The fourth-order valence-corrected chi connectivity index (χ4v) is 5.82. The van der Waals surface area contributed by atoms with E-state index in [0.717, 1.165) is 16.4 Å². The van der Waals surface area contributed by atoms with Gasteiger partial charge in [0.2, 0.25) is 5.88 Å². The van der Waals surface area contributed by atoms with Crippen LogP contribution in [-0.4, -0.2) is 49.9 Å². The van der Waals surface area contributed by atoms with Crippen molar-refractivity contribution in [1.82, 2.24) is 15.0 Å². The summed E-state index contributed by atoms with van der Waals surface area (Å²) >= 11 is -2.80. The largest absolute Gasteiger partial charge is 0.490 e. The Balaban J connectivity index is 1.22. The summed E-state index contributed by atoms with van der Waals surface area (Å²) in [7, 11) is 1.31. The number of hydrogen-bond acceptors (Lipinski definition) is 9. The first-order valence-electron chi connectivity index (χ1n) is 15.3. The van der Waals surface area contributed by atoms with E-state index >= 15 is 0 Å². The van der Waals surface area contributed by atoms with Crippen molar-refractivity contribution < 1.29 is 36.5 Å². The molecule has 0 aliphatic carbocycles. The molecule has 15 heteroatoms. The highest BCUT2D eigenvalue weighted by Crippen LogP contribution is 2.39. The molecule has 0 fully saturated rings. The van der Waals surface area contributed by atoms with Gasteiger partial charge in [-0.3, -0.25) is 9.35 Å². The van der Waals surface area contributed by atoms with Gasteiger partial charge in [-0.15, -0.1) is 0 Å². The topological polar surface area (TPSA) is 162 Å². The molecule has 6 aromatic rings. The Labute approximate surface area is 293 Å². The molecule has 0 saturated carbocycles. The van der Waals surface area contributed by atoms with E-state index in [4.69, 9.17) is 19.9 Å². The van der Waals surface area contributed by atoms with Gasteiger partial charge < -0.3 is 25.3 Å². The van der Waals surface area contributed by atoms with Crippen molar-refractivity contribution in [3.63, 3.8) is 0 Å². The van der Waals surface area contributed by atoms with Crippen molar-refractivity contribution in [3.8, 4) is 28.5 Å². The van der Waals surface area contributed by atoms with E-state index in [9.17, 15) is 22.3 Å². The Morgan fingerprint density at radius 3 is 2.41 bits per heavy atom. The molecule has 1 atom stereocenters. The molecule has 0 spiro atoms. The number of carbonyl (C=O) groups is 1. The second-order valence-electron chi connectivity index (χ2n) is 11.0. The van der Waals surface area contributed by atoms with Crippen LogP contribution in [0.5, 0.6) is 17.4 Å². The van der Waals surface area contributed by atoms with Gasteiger partial charge in [0.05, 0.1) is 24.2 Å². The number of halogens is 2. The number of para-hydroxylation sites is 2. The molecular weight excluding hydrogens is 682 g/mol. The number of anilines is 4. The molecule has 2 aromatic heterocycles. The molecule has 0 aliphatic rings. The summed E-state index contributed by atoms with van der Waals surface area (Å²) in [5, 5.41) is 3.45. The maximum Gasteiger partial charge on any atom is 0.266 e. The van der Waals surface area contributed by atoms with Gasteiger partial charge in [-0.2, -0.15) is 0 Å². The predicted molar refractivity (Wildman–Crippen MR) is 190 cm³/mol. The number of methoxy groups -OCH3 is 1. The molecule has 0 saturated heterocycles. The number of aromatic nitrogens is 3. The molecule has 1 amide bonds. The maximum absolute atomic E-state index is 14.8. The van der Waals surface area contributed by atoms with Crippen molar-refractivity contribution in [2.45, 2.75) is 6.92 Å². The Morgan fingerprint density at radius 2 is 1.69 bits per heavy atom. The Bertz CT molecular complexity index is 2260. The second kappa shape index (κ2) is 15.1. The molecule has 2 heterocycles. The Kier molecular flexibility index (Phi) is 10.3. The number of nitrogens with two attached hydrogens (primary N) is 1. The number of hydrogen-bond donors (Lipinski definition) is 3. The molecule has 4 N–H and O–H groups in total. The number of ether oxygens (including phenoxy) is 3. The standard InChI is InChI=1S/C36H30F2N6O6S/c1-21-27-15-23(24-16-32(36(48-2)40-19-24)44(51(46)47)31-12-9-25(37)18-28(31)38)17-33(34(27)42-20-41-21)50-14-13-49-26-10-7-22(8-11-26)35(45)43-30-6-4-3-5-29(30)39/h3-12,15-20H,13-14,39H2,1-2H3,(H,43,45)(H,46,47). The van der Waals surface area contributed by atoms with Crippen LogP contribution in [0.4, 0.5) is 31.5 Å². The quantitative estimate of drug-likeness (QED) is 0.0695. The fourth-order valence-electron chi connectivity index (χ4n) is 5.20. The minimum atomic E-state index is -2.80. The molecule has 1 unspecified atom stereocenters. The van der Waals surface area contributed by atoms with E-state index in [2.05, 4.69) is 20.3 Å². The molecule has 0 aliphatic heterocycles. The number of amides is 1. The number of benzene rings is 4. The lowest BCUT2D eigenvalue weighted by atomic mass is 10.0. The average molecular weight is 713 g/mol. The van der Waals surface area contributed by atoms with Gasteiger partial charge >= 0.3 is 0 Å². The lowest BCUT2D eigenvalue weighted by Crippen LogP contribution is -2.21. The van der Waals surface area contributed by atoms with Gasteiger partial charge in [0.25, 0.3) is 17.2 Å². The molecule has 0 bridgehead atoms. The van der Waals surface area contributed by atoms with Crippen LogP contribution in [0.3, 0.4) is 0 Å². The normalized spacial score (nSPS) is 11.5. The summed E-state index contributed by atoms with van der Waals surface area (Å²) < 4.78 is 69.3. The van der Waals surface area contributed by atoms with E-state index in [-0.39, 0.29) is 36.4 Å². The van der Waals surface area contributed by atoms with E-state index < -0.39 is 22.9 Å². The summed E-state index contributed by atoms with van der Waals surface area (Å²) in [6.45, 7) is 2.08. The Morgan fingerprint density at radius 1 is 0.922 bits per heavy atom. The van der Waals surface area contributed by atoms with Crippen LogP contribution in [-0.2, 0) is 11.3 Å². The van der Waals surface area contributed by atoms with Crippen LogP contribution < -0.4 is 29.6 Å². The lowest BCUT2D eigenvalue weighted by molar-refractivity contribution is 0.102. The highest BCUT2D eigenvalue weighted by Gasteiger charge is 2.25. The van der Waals surface area contributed by atoms with Crippen LogP contribution in [0.2, 0.25) is 0 Å². The number of carbonyl (C=O) groups excluding carboxylic acids is 1. The van der Waals surface area contributed by atoms with Gasteiger partial charge in [0, 0.05) is 34.5 Å². The molecule has 12 nitrogen and oxygen atoms in total. The first-order valence-corrected chi connectivity index (χ1v) is 16.4. The second-order valence-corrected chi connectivity index (χ2v) is 11.8. The number of nitrogens with one attached hydrogen (secondary N) is 1. The van der Waals surface area contributed by atoms with Gasteiger partial charge in [-0.1, -0.05) is 12.1 Å². The van der Waals surface area contributed by atoms with Crippen molar-refractivity contribution in [2.75, 3.05) is 35.7 Å². The molecule has 0 radical (unpaired) electrons. The minimum Gasteiger partial charge on any atom is -0.490 e. The third kappa shape index (κ3) is 7.69. The van der Waals surface area contributed by atoms with Crippen LogP contribution in [0.15, 0.2) is 97.5 Å². The van der Waals surface area contributed by atoms with E-state index in [1.54, 1.807) is 54.6 Å². The summed E-state index contributed by atoms with van der Waals surface area (Å²) in [5.74, 6) is -1.38. The van der Waals surface area contributed by atoms with Crippen LogP contribution in [0, 0.1) is 18.6 Å². The molecule has 51 heavy (non-hydrogen) atoms. The predicted octanol–water partition coefficient (Wildman–Crippen LogP) is 6.85. The third-order valence-electron chi connectivity index (χ3n) is 7.70. The van der Waals surface area contributed by atoms with Crippen molar-refractivity contribution in [1.29, 1.82) is 0 Å². The summed E-state index contributed by atoms with van der Waals surface area (Å²) in [5.41, 5.74) is 9.13. The summed E-state index contributed by atoms with van der Waals surface area (Å²) in [6, 6.07) is 21.2. The third-order valence-corrected chi connectivity index (χ3v) is 8.41. The Hall–Kier alpha value is -6.19. The number of rotatable bonds is 12. The molecule has 260 valence electrons. The zero-order valence-electron chi connectivity index (χ0n) is 27.2. The average Bonchev–Trinajstić information content (AvgIpc) is 3.12. The van der Waals surface area contributed by atoms with Crippen LogP contribution in [0.25, 0.3) is 22.0 Å². The number of nitrogen functional groups attached to an aromatic ring is 1. The van der Waals surface area contributed by atoms with Gasteiger partial charge in [0.15, 0.2) is 5.82 Å². The highest BCUT2D eigenvalue weighted by atomic mass is 32.2. The monoisotopic (exact) mass is 712 g/mol. The molecule has 4 aromatic carbocycles. The lowest BCUT2D eigenvalue weighted by Gasteiger charge is -2.23. The van der Waals surface area contributed by atoms with Gasteiger partial charge in [0.1, 0.15) is 48.1 Å². The fraction of sp³-hybridized carbons (Fsp3) is 0.111. The smallest absolute Gasteiger partial charge is 0.266 e. The molecular formula is C36H30F2N6O6S. The number of aryl methyl sites for hydroxylation is 1. The van der Waals surface area contributed by atoms with Gasteiger partial charge in [-0.05, 0) is 79.2 Å². The number of fused-ring (bicyclic) bond motifs is 1. The summed E-state index contributed by atoms with van der Waals surface area (Å²) in [4.78, 5) is 25.7. The maximum atomic E-state index is 14.8. The molecule has 6 rings (SSSR count). The number of nitrogens with zero attached hydrogens (tertiary/aromatic N) is 4. The van der Waals surface area contributed by atoms with E-state index in [0.29, 0.717) is 62.2 Å². The SMILES string of the molecule is COc1ncc(-c2cc(OCCOc3ccc(C(=O)Nc4ccccc4N)cc3)c3ncnc(C)c3c2)cc1N(c1ccc(F)cc1F)S(=O)O.